The number of nitrogens with one attached hydrogen (secondary N) is 1. The second kappa shape index (κ2) is 7.47. The maximum atomic E-state index is 12.8. The Kier molecular flexibility index (Phi) is 5.14. The van der Waals surface area contributed by atoms with Crippen LogP contribution in [-0.4, -0.2) is 22.0 Å². The van der Waals surface area contributed by atoms with Crippen LogP contribution in [0, 0.1) is 6.92 Å². The first kappa shape index (κ1) is 16.5. The molecule has 0 aliphatic heterocycles. The predicted octanol–water partition coefficient (Wildman–Crippen LogP) is 3.23. The quantitative estimate of drug-likeness (QED) is 0.830. The zero-order valence-corrected chi connectivity index (χ0v) is 14.3. The Bertz CT molecular complexity index is 731. The number of allylic oxidation sites excluding steroid dienone is 1. The Morgan fingerprint density at radius 2 is 2.21 bits per heavy atom. The summed E-state index contributed by atoms with van der Waals surface area (Å²) in [5.74, 6) is 0.0136. The first-order valence-electron chi connectivity index (χ1n) is 8.72. The van der Waals surface area contributed by atoms with Gasteiger partial charge in [-0.2, -0.15) is 0 Å². The van der Waals surface area contributed by atoms with Gasteiger partial charge in [0.25, 0.3) is 5.91 Å². The van der Waals surface area contributed by atoms with Crippen molar-refractivity contribution in [1.29, 1.82) is 0 Å². The summed E-state index contributed by atoms with van der Waals surface area (Å²) < 4.78 is 2.16. The fourth-order valence-corrected chi connectivity index (χ4v) is 3.63. The largest absolute Gasteiger partial charge is 0.350 e. The molecule has 2 aromatic heterocycles. The number of pyridine rings is 1. The Labute approximate surface area is 143 Å². The van der Waals surface area contributed by atoms with Gasteiger partial charge in [-0.1, -0.05) is 12.1 Å². The van der Waals surface area contributed by atoms with E-state index in [1.807, 2.05) is 24.3 Å². The van der Waals surface area contributed by atoms with Gasteiger partial charge in [-0.15, -0.1) is 6.58 Å². The van der Waals surface area contributed by atoms with Gasteiger partial charge in [0, 0.05) is 37.1 Å². The van der Waals surface area contributed by atoms with Gasteiger partial charge >= 0.3 is 0 Å². The number of carbonyl (C=O) groups is 1. The summed E-state index contributed by atoms with van der Waals surface area (Å²) in [7, 11) is 0. The van der Waals surface area contributed by atoms with Gasteiger partial charge in [-0.3, -0.25) is 9.78 Å². The summed E-state index contributed by atoms with van der Waals surface area (Å²) >= 11 is 0. The first-order chi connectivity index (χ1) is 11.7. The highest BCUT2D eigenvalue weighted by molar-refractivity contribution is 5.95. The fourth-order valence-electron chi connectivity index (χ4n) is 3.63. The average molecular weight is 323 g/mol. The van der Waals surface area contributed by atoms with Crippen molar-refractivity contribution in [2.24, 2.45) is 0 Å². The van der Waals surface area contributed by atoms with Crippen LogP contribution in [0.3, 0.4) is 0 Å². The minimum absolute atomic E-state index is 0.0136. The van der Waals surface area contributed by atoms with Gasteiger partial charge in [0.1, 0.15) is 5.69 Å². The van der Waals surface area contributed by atoms with E-state index in [2.05, 4.69) is 28.4 Å². The molecule has 3 rings (SSSR count). The van der Waals surface area contributed by atoms with Crippen LogP contribution in [0.4, 0.5) is 0 Å². The lowest BCUT2D eigenvalue weighted by atomic mass is 9.95. The van der Waals surface area contributed by atoms with Crippen molar-refractivity contribution in [2.75, 3.05) is 6.54 Å². The van der Waals surface area contributed by atoms with Gasteiger partial charge in [0.2, 0.25) is 0 Å². The molecule has 0 radical (unpaired) electrons. The lowest BCUT2D eigenvalue weighted by Gasteiger charge is -2.15. The highest BCUT2D eigenvalue weighted by Crippen LogP contribution is 2.29. The van der Waals surface area contributed by atoms with Crippen LogP contribution in [0.25, 0.3) is 0 Å². The molecular formula is C20H25N3O. The molecule has 1 aliphatic carbocycles. The van der Waals surface area contributed by atoms with Crippen molar-refractivity contribution in [1.82, 2.24) is 14.9 Å². The Morgan fingerprint density at radius 3 is 2.96 bits per heavy atom. The second-order valence-corrected chi connectivity index (χ2v) is 6.33. The van der Waals surface area contributed by atoms with E-state index in [1.54, 1.807) is 6.20 Å². The number of amides is 1. The fraction of sp³-hybridized carbons (Fsp3) is 0.400. The van der Waals surface area contributed by atoms with E-state index in [0.717, 1.165) is 36.2 Å². The topological polar surface area (TPSA) is 46.9 Å². The third-order valence-electron chi connectivity index (χ3n) is 4.76. The van der Waals surface area contributed by atoms with Gasteiger partial charge < -0.3 is 9.88 Å². The zero-order valence-electron chi connectivity index (χ0n) is 14.3. The van der Waals surface area contributed by atoms with Crippen LogP contribution in [0.5, 0.6) is 0 Å². The van der Waals surface area contributed by atoms with Crippen LogP contribution in [-0.2, 0) is 25.8 Å². The molecular weight excluding hydrogens is 298 g/mol. The maximum absolute atomic E-state index is 12.8. The Balaban J connectivity index is 1.76. The van der Waals surface area contributed by atoms with E-state index in [0.29, 0.717) is 13.1 Å². The molecule has 4 heteroatoms. The number of rotatable bonds is 6. The molecule has 2 aromatic rings. The van der Waals surface area contributed by atoms with Crippen molar-refractivity contribution in [3.8, 4) is 0 Å². The highest BCUT2D eigenvalue weighted by atomic mass is 16.1. The molecule has 0 atom stereocenters. The normalized spacial score (nSPS) is 13.4. The number of nitrogens with zero attached hydrogens (tertiary/aromatic N) is 2. The van der Waals surface area contributed by atoms with E-state index < -0.39 is 0 Å². The van der Waals surface area contributed by atoms with Crippen molar-refractivity contribution in [3.63, 3.8) is 0 Å². The molecule has 0 saturated heterocycles. The van der Waals surface area contributed by atoms with Crippen molar-refractivity contribution in [2.45, 2.75) is 45.6 Å². The number of fused-ring (bicyclic) bond motifs is 1. The van der Waals surface area contributed by atoms with Crippen LogP contribution in [0.1, 0.15) is 45.8 Å². The second-order valence-electron chi connectivity index (χ2n) is 6.33. The SMILES string of the molecule is C=CCn1c2c(c(C)c1C(=O)NCCc1ccccn1)CCCC2. The Hall–Kier alpha value is -2.36. The molecule has 0 spiro atoms. The average Bonchev–Trinajstić information content (AvgIpc) is 2.89. The lowest BCUT2D eigenvalue weighted by Crippen LogP contribution is -2.29. The molecule has 1 N–H and O–H groups in total. The van der Waals surface area contributed by atoms with Crippen LogP contribution < -0.4 is 5.32 Å². The summed E-state index contributed by atoms with van der Waals surface area (Å²) in [5.41, 5.74) is 5.64. The van der Waals surface area contributed by atoms with Gasteiger partial charge in [0.15, 0.2) is 0 Å². The lowest BCUT2D eigenvalue weighted by molar-refractivity contribution is 0.0944. The van der Waals surface area contributed by atoms with Crippen molar-refractivity contribution >= 4 is 5.91 Å². The number of carbonyl (C=O) groups excluding carboxylic acids is 1. The van der Waals surface area contributed by atoms with Crippen LogP contribution in [0.15, 0.2) is 37.1 Å². The zero-order chi connectivity index (χ0) is 16.9. The summed E-state index contributed by atoms with van der Waals surface area (Å²) in [6.45, 7) is 7.23. The van der Waals surface area contributed by atoms with Gasteiger partial charge in [0.05, 0.1) is 0 Å². The molecule has 1 aliphatic rings. The molecule has 0 bridgehead atoms. The number of hydrogen-bond acceptors (Lipinski definition) is 2. The molecule has 0 saturated carbocycles. The molecule has 126 valence electrons. The van der Waals surface area contributed by atoms with Crippen LogP contribution >= 0.6 is 0 Å². The summed E-state index contributed by atoms with van der Waals surface area (Å²) in [5, 5.41) is 3.06. The molecule has 0 unspecified atom stereocenters. The molecule has 1 amide bonds. The summed E-state index contributed by atoms with van der Waals surface area (Å²) in [4.78, 5) is 17.1. The van der Waals surface area contributed by atoms with E-state index in [1.165, 1.54) is 24.1 Å². The van der Waals surface area contributed by atoms with Gasteiger partial charge in [-0.05, 0) is 55.9 Å². The van der Waals surface area contributed by atoms with E-state index >= 15 is 0 Å². The highest BCUT2D eigenvalue weighted by Gasteiger charge is 2.25. The van der Waals surface area contributed by atoms with E-state index in [-0.39, 0.29) is 5.91 Å². The smallest absolute Gasteiger partial charge is 0.268 e. The molecule has 24 heavy (non-hydrogen) atoms. The van der Waals surface area contributed by atoms with Crippen LogP contribution in [0.2, 0.25) is 0 Å². The third kappa shape index (κ3) is 3.28. The number of aromatic nitrogens is 2. The minimum Gasteiger partial charge on any atom is -0.350 e. The monoisotopic (exact) mass is 323 g/mol. The molecule has 0 fully saturated rings. The maximum Gasteiger partial charge on any atom is 0.268 e. The molecule has 2 heterocycles. The van der Waals surface area contributed by atoms with E-state index in [9.17, 15) is 4.79 Å². The minimum atomic E-state index is 0.0136. The number of hydrogen-bond donors (Lipinski definition) is 1. The van der Waals surface area contributed by atoms with Crippen molar-refractivity contribution in [3.05, 3.63) is 65.3 Å². The van der Waals surface area contributed by atoms with Gasteiger partial charge in [-0.25, -0.2) is 0 Å². The Morgan fingerprint density at radius 1 is 1.38 bits per heavy atom. The van der Waals surface area contributed by atoms with E-state index in [4.69, 9.17) is 0 Å². The standard InChI is InChI=1S/C20H25N3O/c1-3-14-23-18-10-5-4-9-17(18)15(2)19(23)20(24)22-13-11-16-8-6-7-12-21-16/h3,6-8,12H,1,4-5,9-11,13-14H2,2H3,(H,22,24). The summed E-state index contributed by atoms with van der Waals surface area (Å²) in [6.07, 6.45) is 8.96. The first-order valence-corrected chi connectivity index (χ1v) is 8.72. The van der Waals surface area contributed by atoms with Crippen molar-refractivity contribution < 1.29 is 4.79 Å². The third-order valence-corrected chi connectivity index (χ3v) is 4.76. The summed E-state index contributed by atoms with van der Waals surface area (Å²) in [6, 6.07) is 5.85. The molecule has 0 aromatic carbocycles. The molecule has 4 nitrogen and oxygen atoms in total. The predicted molar refractivity (Wildman–Crippen MR) is 96.3 cm³/mol.